The SMILES string of the molecule is COc1cc(-c2cc3ccccc3[nH]2)[nH]c1C=Nc1ccc(C(C)(C)C)cc1. The van der Waals surface area contributed by atoms with Gasteiger partial charge in [-0.15, -0.1) is 0 Å². The molecule has 2 aromatic heterocycles. The molecule has 0 unspecified atom stereocenters. The normalized spacial score (nSPS) is 12.1. The zero-order valence-electron chi connectivity index (χ0n) is 16.7. The van der Waals surface area contributed by atoms with Gasteiger partial charge in [0.15, 0.2) is 0 Å². The topological polar surface area (TPSA) is 53.2 Å². The number of methoxy groups -OCH3 is 1. The second kappa shape index (κ2) is 7.04. The van der Waals surface area contributed by atoms with Crippen molar-refractivity contribution in [2.75, 3.05) is 7.11 Å². The minimum absolute atomic E-state index is 0.138. The fraction of sp³-hybridized carbons (Fsp3) is 0.208. The number of hydrogen-bond acceptors (Lipinski definition) is 2. The monoisotopic (exact) mass is 371 g/mol. The van der Waals surface area contributed by atoms with E-state index in [2.05, 4.69) is 66.1 Å². The summed E-state index contributed by atoms with van der Waals surface area (Å²) in [6.45, 7) is 6.63. The van der Waals surface area contributed by atoms with E-state index in [0.717, 1.165) is 34.0 Å². The minimum Gasteiger partial charge on any atom is -0.494 e. The number of nitrogens with zero attached hydrogens (tertiary/aromatic N) is 1. The maximum atomic E-state index is 5.54. The first-order chi connectivity index (χ1) is 13.4. The van der Waals surface area contributed by atoms with E-state index in [0.29, 0.717) is 0 Å². The van der Waals surface area contributed by atoms with Crippen LogP contribution < -0.4 is 4.74 Å². The van der Waals surface area contributed by atoms with Crippen molar-refractivity contribution in [2.24, 2.45) is 4.99 Å². The largest absolute Gasteiger partial charge is 0.494 e. The summed E-state index contributed by atoms with van der Waals surface area (Å²) in [4.78, 5) is 11.5. The highest BCUT2D eigenvalue weighted by atomic mass is 16.5. The summed E-state index contributed by atoms with van der Waals surface area (Å²) >= 11 is 0. The molecule has 0 aliphatic heterocycles. The Morgan fingerprint density at radius 3 is 2.29 bits per heavy atom. The summed E-state index contributed by atoms with van der Waals surface area (Å²) in [5.41, 5.74) is 6.30. The van der Waals surface area contributed by atoms with E-state index < -0.39 is 0 Å². The first-order valence-electron chi connectivity index (χ1n) is 9.44. The van der Waals surface area contributed by atoms with Crippen LogP contribution in [0.2, 0.25) is 0 Å². The summed E-state index contributed by atoms with van der Waals surface area (Å²) in [6.07, 6.45) is 1.82. The summed E-state index contributed by atoms with van der Waals surface area (Å²) in [7, 11) is 1.67. The third-order valence-electron chi connectivity index (χ3n) is 4.93. The molecule has 2 aromatic carbocycles. The van der Waals surface area contributed by atoms with Crippen LogP contribution in [0.4, 0.5) is 5.69 Å². The molecule has 0 amide bonds. The first-order valence-corrected chi connectivity index (χ1v) is 9.44. The molecule has 0 saturated heterocycles. The zero-order valence-corrected chi connectivity index (χ0v) is 16.7. The molecule has 0 bridgehead atoms. The molecule has 0 spiro atoms. The van der Waals surface area contributed by atoms with E-state index in [4.69, 9.17) is 4.74 Å². The number of fused-ring (bicyclic) bond motifs is 1. The lowest BCUT2D eigenvalue weighted by Gasteiger charge is -2.18. The van der Waals surface area contributed by atoms with Crippen molar-refractivity contribution >= 4 is 22.8 Å². The number of aliphatic imine (C=N–C) groups is 1. The highest BCUT2D eigenvalue weighted by molar-refractivity contribution is 5.88. The van der Waals surface area contributed by atoms with Crippen molar-refractivity contribution in [1.29, 1.82) is 0 Å². The van der Waals surface area contributed by atoms with Gasteiger partial charge in [-0.2, -0.15) is 0 Å². The van der Waals surface area contributed by atoms with Crippen LogP contribution >= 0.6 is 0 Å². The van der Waals surface area contributed by atoms with Crippen molar-refractivity contribution < 1.29 is 4.74 Å². The van der Waals surface area contributed by atoms with Gasteiger partial charge in [0.25, 0.3) is 0 Å². The Labute approximate surface area is 165 Å². The molecule has 4 aromatic rings. The number of aromatic nitrogens is 2. The van der Waals surface area contributed by atoms with Crippen LogP contribution in [0.1, 0.15) is 32.0 Å². The third kappa shape index (κ3) is 3.58. The van der Waals surface area contributed by atoms with Crippen LogP contribution in [0.3, 0.4) is 0 Å². The van der Waals surface area contributed by atoms with Crippen molar-refractivity contribution in [3.05, 3.63) is 71.9 Å². The summed E-state index contributed by atoms with van der Waals surface area (Å²) in [5.74, 6) is 0.767. The Bertz CT molecular complexity index is 1090. The second-order valence-electron chi connectivity index (χ2n) is 7.99. The van der Waals surface area contributed by atoms with Gasteiger partial charge >= 0.3 is 0 Å². The molecule has 0 aliphatic carbocycles. The molecule has 0 radical (unpaired) electrons. The van der Waals surface area contributed by atoms with Crippen molar-refractivity contribution in [3.8, 4) is 17.1 Å². The maximum absolute atomic E-state index is 5.54. The average Bonchev–Trinajstić information content (AvgIpc) is 3.29. The molecule has 0 saturated carbocycles. The van der Waals surface area contributed by atoms with Gasteiger partial charge in [0.05, 0.1) is 36.1 Å². The molecule has 4 heteroatoms. The van der Waals surface area contributed by atoms with Gasteiger partial charge in [-0.3, -0.25) is 4.99 Å². The number of hydrogen-bond donors (Lipinski definition) is 2. The smallest absolute Gasteiger partial charge is 0.146 e. The van der Waals surface area contributed by atoms with Crippen LogP contribution in [0.25, 0.3) is 22.3 Å². The molecule has 0 aliphatic rings. The van der Waals surface area contributed by atoms with E-state index in [1.54, 1.807) is 7.11 Å². The van der Waals surface area contributed by atoms with Crippen LogP contribution in [-0.4, -0.2) is 23.3 Å². The summed E-state index contributed by atoms with van der Waals surface area (Å²) in [5, 5.41) is 1.18. The molecule has 0 fully saturated rings. The van der Waals surface area contributed by atoms with Gasteiger partial charge in [-0.1, -0.05) is 51.1 Å². The number of nitrogens with one attached hydrogen (secondary N) is 2. The van der Waals surface area contributed by atoms with E-state index in [-0.39, 0.29) is 5.41 Å². The van der Waals surface area contributed by atoms with Gasteiger partial charge in [-0.25, -0.2) is 0 Å². The van der Waals surface area contributed by atoms with E-state index >= 15 is 0 Å². The van der Waals surface area contributed by atoms with Gasteiger partial charge in [-0.05, 0) is 35.2 Å². The average molecular weight is 371 g/mol. The molecule has 2 heterocycles. The van der Waals surface area contributed by atoms with Gasteiger partial charge < -0.3 is 14.7 Å². The molecule has 142 valence electrons. The van der Waals surface area contributed by atoms with Gasteiger partial charge in [0.1, 0.15) is 5.75 Å². The van der Waals surface area contributed by atoms with Crippen LogP contribution in [0, 0.1) is 0 Å². The van der Waals surface area contributed by atoms with Crippen molar-refractivity contribution in [1.82, 2.24) is 9.97 Å². The minimum atomic E-state index is 0.138. The predicted octanol–water partition coefficient (Wildman–Crippen LogP) is 6.22. The van der Waals surface area contributed by atoms with Crippen molar-refractivity contribution in [3.63, 3.8) is 0 Å². The molecule has 2 N–H and O–H groups in total. The zero-order chi connectivity index (χ0) is 19.7. The molecule has 4 nitrogen and oxygen atoms in total. The second-order valence-corrected chi connectivity index (χ2v) is 7.99. The number of para-hydroxylation sites is 1. The number of aromatic amines is 2. The van der Waals surface area contributed by atoms with E-state index in [1.165, 1.54) is 10.9 Å². The Morgan fingerprint density at radius 1 is 0.893 bits per heavy atom. The number of ether oxygens (including phenoxy) is 1. The lowest BCUT2D eigenvalue weighted by Crippen LogP contribution is -2.10. The lowest BCUT2D eigenvalue weighted by atomic mass is 9.87. The van der Waals surface area contributed by atoms with Crippen molar-refractivity contribution in [2.45, 2.75) is 26.2 Å². The predicted molar refractivity (Wildman–Crippen MR) is 117 cm³/mol. The highest BCUT2D eigenvalue weighted by Crippen LogP contribution is 2.29. The summed E-state index contributed by atoms with van der Waals surface area (Å²) < 4.78 is 5.54. The van der Waals surface area contributed by atoms with Gasteiger partial charge in [0.2, 0.25) is 0 Å². The third-order valence-corrected chi connectivity index (χ3v) is 4.93. The molecular weight excluding hydrogens is 346 g/mol. The summed E-state index contributed by atoms with van der Waals surface area (Å²) in [6, 6.07) is 20.7. The number of rotatable bonds is 4. The number of benzene rings is 2. The highest BCUT2D eigenvalue weighted by Gasteiger charge is 2.13. The van der Waals surface area contributed by atoms with Crippen LogP contribution in [0.15, 0.2) is 65.7 Å². The van der Waals surface area contributed by atoms with E-state index in [9.17, 15) is 0 Å². The quantitative estimate of drug-likeness (QED) is 0.411. The molecule has 0 atom stereocenters. The fourth-order valence-electron chi connectivity index (χ4n) is 3.27. The van der Waals surface area contributed by atoms with E-state index in [1.807, 2.05) is 36.5 Å². The Hall–Kier alpha value is -3.27. The lowest BCUT2D eigenvalue weighted by molar-refractivity contribution is 0.415. The Kier molecular flexibility index (Phi) is 4.55. The Morgan fingerprint density at radius 2 is 1.61 bits per heavy atom. The van der Waals surface area contributed by atoms with Crippen LogP contribution in [-0.2, 0) is 5.41 Å². The fourth-order valence-corrected chi connectivity index (χ4v) is 3.27. The first kappa shape index (κ1) is 18.1. The van der Waals surface area contributed by atoms with Gasteiger partial charge in [0, 0.05) is 17.0 Å². The van der Waals surface area contributed by atoms with Crippen LogP contribution in [0.5, 0.6) is 5.75 Å². The molecular formula is C24H25N3O. The molecule has 4 rings (SSSR count). The molecule has 28 heavy (non-hydrogen) atoms. The Balaban J connectivity index is 1.62. The number of H-pyrrole nitrogens is 2. The maximum Gasteiger partial charge on any atom is 0.146 e. The standard InChI is InChI=1S/C24H25N3O/c1-24(2,3)17-9-11-18(12-10-17)25-15-22-23(28-4)14-21(27-22)20-13-16-7-5-6-8-19(16)26-20/h5-15,26-27H,1-4H3.